The van der Waals surface area contributed by atoms with Crippen molar-refractivity contribution in [2.45, 2.75) is 6.61 Å². The Hall–Kier alpha value is -2.97. The summed E-state index contributed by atoms with van der Waals surface area (Å²) in [6.45, 7) is 0.0710. The average molecular weight is 418 g/mol. The van der Waals surface area contributed by atoms with Crippen LogP contribution in [-0.4, -0.2) is 19.7 Å². The molecule has 3 rings (SSSR count). The Morgan fingerprint density at radius 1 is 1.04 bits per heavy atom. The van der Waals surface area contributed by atoms with E-state index in [1.54, 1.807) is 0 Å². The lowest BCUT2D eigenvalue weighted by molar-refractivity contribution is 0.0473. The zero-order valence-corrected chi connectivity index (χ0v) is 16.7. The predicted octanol–water partition coefficient (Wildman–Crippen LogP) is 2.61. The second kappa shape index (κ2) is 7.95. The fourth-order valence-corrected chi connectivity index (χ4v) is 2.95. The zero-order valence-electron chi connectivity index (χ0n) is 15.1. The van der Waals surface area contributed by atoms with Crippen molar-refractivity contribution in [1.29, 1.82) is 0 Å². The molecule has 9 heteroatoms. The van der Waals surface area contributed by atoms with Gasteiger partial charge in [0.25, 0.3) is 0 Å². The van der Waals surface area contributed by atoms with Crippen LogP contribution in [-0.2, 0) is 25.4 Å². The van der Waals surface area contributed by atoms with E-state index in [2.05, 4.69) is 0 Å². The van der Waals surface area contributed by atoms with Gasteiger partial charge in [0, 0.05) is 14.1 Å². The van der Waals surface area contributed by atoms with Gasteiger partial charge in [-0.25, -0.2) is 19.0 Å². The van der Waals surface area contributed by atoms with E-state index in [0.29, 0.717) is 0 Å². The van der Waals surface area contributed by atoms with E-state index in [4.69, 9.17) is 28.6 Å². The number of benzene rings is 2. The Morgan fingerprint density at radius 3 is 2.25 bits per heavy atom. The molecule has 0 bridgehead atoms. The fraction of sp³-hybridized carbons (Fsp3) is 0.158. The highest BCUT2D eigenvalue weighted by Gasteiger charge is 2.17. The predicted molar refractivity (Wildman–Crippen MR) is 108 cm³/mol. The molecule has 7 nitrogen and oxygen atoms in total. The number of hydrogen-bond donors (Lipinski definition) is 0. The van der Waals surface area contributed by atoms with Crippen molar-refractivity contribution >= 4 is 29.8 Å². The number of hydrogen-bond acceptors (Lipinski definition) is 5. The monoisotopic (exact) mass is 417 g/mol. The van der Waals surface area contributed by atoms with Gasteiger partial charge in [-0.3, -0.25) is 9.13 Å². The second-order valence-corrected chi connectivity index (χ2v) is 6.80. The van der Waals surface area contributed by atoms with Gasteiger partial charge in [-0.05, 0) is 36.0 Å². The van der Waals surface area contributed by atoms with E-state index in [0.717, 1.165) is 10.1 Å². The summed E-state index contributed by atoms with van der Waals surface area (Å²) in [5.74, 6) is -0.662. The third kappa shape index (κ3) is 3.69. The topological polar surface area (TPSA) is 75.2 Å². The van der Waals surface area contributed by atoms with Gasteiger partial charge in [-0.2, -0.15) is 0 Å². The van der Waals surface area contributed by atoms with Crippen molar-refractivity contribution in [3.8, 4) is 5.69 Å². The van der Waals surface area contributed by atoms with Crippen LogP contribution in [0.15, 0.2) is 58.1 Å². The van der Waals surface area contributed by atoms with E-state index >= 15 is 0 Å². The van der Waals surface area contributed by atoms with Crippen molar-refractivity contribution in [3.05, 3.63) is 90.4 Å². The van der Waals surface area contributed by atoms with E-state index in [9.17, 15) is 14.4 Å². The summed E-state index contributed by atoms with van der Waals surface area (Å²) >= 11 is 11.2. The quantitative estimate of drug-likeness (QED) is 0.482. The second-order valence-electron chi connectivity index (χ2n) is 6.03. The number of nitrogens with zero attached hydrogens (tertiary/aromatic N) is 3. The van der Waals surface area contributed by atoms with Crippen molar-refractivity contribution < 1.29 is 9.53 Å². The van der Waals surface area contributed by atoms with E-state index in [1.807, 2.05) is 30.3 Å². The number of halogens is 1. The van der Waals surface area contributed by atoms with Gasteiger partial charge in [0.2, 0.25) is 0 Å². The van der Waals surface area contributed by atoms with Crippen LogP contribution in [0.4, 0.5) is 0 Å². The highest BCUT2D eigenvalue weighted by molar-refractivity contribution is 7.71. The lowest BCUT2D eigenvalue weighted by Crippen LogP contribution is -2.43. The first kappa shape index (κ1) is 19.8. The highest BCUT2D eigenvalue weighted by atomic mass is 35.5. The number of ether oxygens (including phenoxy) is 1. The maximum absolute atomic E-state index is 12.5. The molecule has 0 saturated heterocycles. The molecular formula is C19H16ClN3O4S. The molecule has 2 aromatic carbocycles. The summed E-state index contributed by atoms with van der Waals surface area (Å²) in [5.41, 5.74) is -0.194. The summed E-state index contributed by atoms with van der Waals surface area (Å²) in [6, 6.07) is 13.4. The van der Waals surface area contributed by atoms with Crippen molar-refractivity contribution in [1.82, 2.24) is 13.7 Å². The van der Waals surface area contributed by atoms with Gasteiger partial charge in [0.15, 0.2) is 4.77 Å². The lowest BCUT2D eigenvalue weighted by atomic mass is 10.2. The van der Waals surface area contributed by atoms with Gasteiger partial charge < -0.3 is 4.74 Å². The number of carbonyl (C=O) groups excluding carboxylic acids is 1. The van der Waals surface area contributed by atoms with Gasteiger partial charge in [-0.15, -0.1) is 0 Å². The van der Waals surface area contributed by atoms with Crippen LogP contribution in [0.3, 0.4) is 0 Å². The van der Waals surface area contributed by atoms with Crippen molar-refractivity contribution in [3.63, 3.8) is 0 Å². The largest absolute Gasteiger partial charge is 0.457 e. The first-order chi connectivity index (χ1) is 13.3. The normalized spacial score (nSPS) is 10.7. The molecule has 0 aliphatic heterocycles. The maximum Gasteiger partial charge on any atom is 0.340 e. The smallest absolute Gasteiger partial charge is 0.340 e. The van der Waals surface area contributed by atoms with E-state index in [-0.39, 0.29) is 27.7 Å². The molecule has 0 radical (unpaired) electrons. The van der Waals surface area contributed by atoms with Crippen LogP contribution >= 0.6 is 23.8 Å². The molecule has 1 aromatic heterocycles. The van der Waals surface area contributed by atoms with E-state index in [1.165, 1.54) is 41.4 Å². The Labute approximate surface area is 170 Å². The molecule has 0 spiro atoms. The van der Waals surface area contributed by atoms with Crippen LogP contribution in [0, 0.1) is 4.77 Å². The molecule has 0 saturated carbocycles. The summed E-state index contributed by atoms with van der Waals surface area (Å²) in [7, 11) is 2.93. The minimum Gasteiger partial charge on any atom is -0.457 e. The van der Waals surface area contributed by atoms with Crippen LogP contribution in [0.5, 0.6) is 0 Å². The molecule has 0 aliphatic rings. The summed E-state index contributed by atoms with van der Waals surface area (Å²) in [5, 5.41) is 0.149. The molecule has 0 amide bonds. The minimum absolute atomic E-state index is 0.0501. The van der Waals surface area contributed by atoms with E-state index < -0.39 is 17.3 Å². The maximum atomic E-state index is 12.5. The first-order valence-electron chi connectivity index (χ1n) is 8.21. The Bertz CT molecular complexity index is 1190. The third-order valence-corrected chi connectivity index (χ3v) is 5.05. The van der Waals surface area contributed by atoms with Crippen LogP contribution in [0.1, 0.15) is 15.9 Å². The first-order valence-corrected chi connectivity index (χ1v) is 9.00. The zero-order chi connectivity index (χ0) is 20.4. The summed E-state index contributed by atoms with van der Waals surface area (Å²) in [4.78, 5) is 37.6. The number of aromatic nitrogens is 3. The highest BCUT2D eigenvalue weighted by Crippen LogP contribution is 2.20. The number of esters is 1. The number of rotatable bonds is 4. The molecule has 0 N–H and O–H groups in total. The molecule has 1 heterocycles. The van der Waals surface area contributed by atoms with Crippen LogP contribution in [0.2, 0.25) is 5.02 Å². The number of carbonyl (C=O) groups is 1. The Kier molecular flexibility index (Phi) is 5.62. The molecule has 0 unspecified atom stereocenters. The molecule has 144 valence electrons. The molecule has 0 fully saturated rings. The standard InChI is InChI=1S/C19H16ClN3O4S/c1-21-17(25)23(18(26)22(2)19(21)28)13-8-9-15(20)14(10-13)16(24)27-11-12-6-4-3-5-7-12/h3-10H,11H2,1-2H3. The lowest BCUT2D eigenvalue weighted by Gasteiger charge is -2.12. The van der Waals surface area contributed by atoms with Gasteiger partial charge >= 0.3 is 17.3 Å². The molecular weight excluding hydrogens is 402 g/mol. The minimum atomic E-state index is -0.662. The van der Waals surface area contributed by atoms with Crippen LogP contribution < -0.4 is 11.4 Å². The summed E-state index contributed by atoms with van der Waals surface area (Å²) in [6.07, 6.45) is 0. The van der Waals surface area contributed by atoms with Crippen LogP contribution in [0.25, 0.3) is 5.69 Å². The van der Waals surface area contributed by atoms with Crippen molar-refractivity contribution in [2.24, 2.45) is 14.1 Å². The van der Waals surface area contributed by atoms with Gasteiger partial charge in [-0.1, -0.05) is 41.9 Å². The molecule has 28 heavy (non-hydrogen) atoms. The fourth-order valence-electron chi connectivity index (χ4n) is 2.60. The van der Waals surface area contributed by atoms with Gasteiger partial charge in [0.1, 0.15) is 6.61 Å². The Morgan fingerprint density at radius 2 is 1.64 bits per heavy atom. The molecule has 3 aromatic rings. The van der Waals surface area contributed by atoms with Crippen molar-refractivity contribution in [2.75, 3.05) is 0 Å². The van der Waals surface area contributed by atoms with Gasteiger partial charge in [0.05, 0.1) is 16.3 Å². The molecule has 0 aliphatic carbocycles. The third-order valence-electron chi connectivity index (χ3n) is 4.17. The average Bonchev–Trinajstić information content (AvgIpc) is 2.71. The SMILES string of the molecule is Cn1c(=S)n(C)c(=O)n(-c2ccc(Cl)c(C(=O)OCc3ccccc3)c2)c1=O. The summed E-state index contributed by atoms with van der Waals surface area (Å²) < 4.78 is 8.63. The Balaban J connectivity index is 2.01. The molecule has 0 atom stereocenters.